The molecule has 2 aromatic rings. The Balaban J connectivity index is 1.72. The predicted octanol–water partition coefficient (Wildman–Crippen LogP) is 2.07. The SMILES string of the molecule is Cc1ccc(C(=O)OC(C)C(=O)Nc2cccc(C#N)c2)cc1S(=O)(=O)N1CCOCC1. The molecule has 1 amide bonds. The highest BCUT2D eigenvalue weighted by Crippen LogP contribution is 2.23. The van der Waals surface area contributed by atoms with Crippen molar-refractivity contribution in [3.63, 3.8) is 0 Å². The number of anilines is 1. The standard InChI is InChI=1S/C22H23N3O6S/c1-15-6-7-18(13-20(15)32(28,29)25-8-10-30-11-9-25)22(27)31-16(2)21(26)24-19-5-3-4-17(12-19)14-23/h3-7,12-13,16H,8-11H2,1-2H3,(H,24,26). The van der Waals surface area contributed by atoms with Gasteiger partial charge in [0, 0.05) is 18.8 Å². The monoisotopic (exact) mass is 457 g/mol. The Morgan fingerprint density at radius 2 is 1.91 bits per heavy atom. The predicted molar refractivity (Wildman–Crippen MR) is 115 cm³/mol. The van der Waals surface area contributed by atoms with Crippen LogP contribution in [-0.2, 0) is 24.3 Å². The van der Waals surface area contributed by atoms with Crippen LogP contribution in [0.4, 0.5) is 5.69 Å². The van der Waals surface area contributed by atoms with Crippen LogP contribution in [0.5, 0.6) is 0 Å². The number of sulfonamides is 1. The molecule has 1 aliphatic heterocycles. The first-order chi connectivity index (χ1) is 15.2. The van der Waals surface area contributed by atoms with Gasteiger partial charge in [-0.15, -0.1) is 0 Å². The summed E-state index contributed by atoms with van der Waals surface area (Å²) in [6, 6.07) is 12.5. The van der Waals surface area contributed by atoms with E-state index in [1.807, 2.05) is 6.07 Å². The summed E-state index contributed by atoms with van der Waals surface area (Å²) in [6.07, 6.45) is -1.14. The summed E-state index contributed by atoms with van der Waals surface area (Å²) in [7, 11) is -3.80. The van der Waals surface area contributed by atoms with Gasteiger partial charge in [0.25, 0.3) is 5.91 Å². The Labute approximate surface area is 186 Å². The summed E-state index contributed by atoms with van der Waals surface area (Å²) in [5.41, 5.74) is 1.29. The number of carbonyl (C=O) groups is 2. The van der Waals surface area contributed by atoms with Crippen molar-refractivity contribution in [1.82, 2.24) is 4.31 Å². The van der Waals surface area contributed by atoms with Crippen molar-refractivity contribution in [3.8, 4) is 6.07 Å². The minimum absolute atomic E-state index is 0.0132. The second kappa shape index (κ2) is 9.91. The number of ether oxygens (including phenoxy) is 2. The molecule has 1 heterocycles. The summed E-state index contributed by atoms with van der Waals surface area (Å²) in [5.74, 6) is -1.40. The van der Waals surface area contributed by atoms with Crippen molar-refractivity contribution >= 4 is 27.6 Å². The molecule has 1 N–H and O–H groups in total. The summed E-state index contributed by atoms with van der Waals surface area (Å²) < 4.78 is 37.8. The van der Waals surface area contributed by atoms with E-state index >= 15 is 0 Å². The molecule has 32 heavy (non-hydrogen) atoms. The molecule has 10 heteroatoms. The van der Waals surface area contributed by atoms with E-state index in [1.165, 1.54) is 35.5 Å². The number of rotatable bonds is 6. The van der Waals surface area contributed by atoms with Gasteiger partial charge in [0.05, 0.1) is 35.3 Å². The number of esters is 1. The molecule has 0 saturated carbocycles. The van der Waals surface area contributed by atoms with Crippen LogP contribution in [0, 0.1) is 18.3 Å². The molecule has 1 unspecified atom stereocenters. The highest BCUT2D eigenvalue weighted by atomic mass is 32.2. The Kier molecular flexibility index (Phi) is 7.25. The van der Waals surface area contributed by atoms with E-state index in [9.17, 15) is 18.0 Å². The number of nitrogens with zero attached hydrogens (tertiary/aromatic N) is 2. The molecule has 0 spiro atoms. The maximum atomic E-state index is 13.0. The van der Waals surface area contributed by atoms with E-state index in [-0.39, 0.29) is 23.5 Å². The van der Waals surface area contributed by atoms with Gasteiger partial charge in [-0.05, 0) is 49.7 Å². The molecule has 9 nitrogen and oxygen atoms in total. The van der Waals surface area contributed by atoms with Crippen LogP contribution in [-0.4, -0.2) is 57.0 Å². The van der Waals surface area contributed by atoms with Gasteiger partial charge in [0.2, 0.25) is 10.0 Å². The average molecular weight is 458 g/mol. The van der Waals surface area contributed by atoms with Crippen molar-refractivity contribution < 1.29 is 27.5 Å². The van der Waals surface area contributed by atoms with Crippen LogP contribution >= 0.6 is 0 Å². The third-order valence-corrected chi connectivity index (χ3v) is 6.96. The van der Waals surface area contributed by atoms with Crippen molar-refractivity contribution in [2.24, 2.45) is 0 Å². The van der Waals surface area contributed by atoms with Gasteiger partial charge in [0.1, 0.15) is 0 Å². The smallest absolute Gasteiger partial charge is 0.338 e. The number of nitrogens with one attached hydrogen (secondary N) is 1. The average Bonchev–Trinajstić information content (AvgIpc) is 2.79. The summed E-state index contributed by atoms with van der Waals surface area (Å²) in [6.45, 7) is 4.14. The third-order valence-electron chi connectivity index (χ3n) is 4.92. The normalized spacial score (nSPS) is 15.4. The first-order valence-corrected chi connectivity index (χ1v) is 11.4. The number of aryl methyl sites for hydroxylation is 1. The first kappa shape index (κ1) is 23.4. The quantitative estimate of drug-likeness (QED) is 0.658. The highest BCUT2D eigenvalue weighted by Gasteiger charge is 2.29. The number of amides is 1. The Hall–Kier alpha value is -3.26. The third kappa shape index (κ3) is 5.31. The fraction of sp³-hybridized carbons (Fsp3) is 0.318. The fourth-order valence-corrected chi connectivity index (χ4v) is 4.78. The summed E-state index contributed by atoms with van der Waals surface area (Å²) in [5, 5.41) is 11.5. The Bertz CT molecular complexity index is 1170. The molecule has 0 radical (unpaired) electrons. The van der Waals surface area contributed by atoms with Crippen LogP contribution in [0.2, 0.25) is 0 Å². The van der Waals surface area contributed by atoms with E-state index in [0.717, 1.165) is 0 Å². The minimum atomic E-state index is -3.80. The zero-order valence-corrected chi connectivity index (χ0v) is 18.5. The second-order valence-corrected chi connectivity index (χ2v) is 9.13. The van der Waals surface area contributed by atoms with Gasteiger partial charge in [-0.1, -0.05) is 12.1 Å². The lowest BCUT2D eigenvalue weighted by Crippen LogP contribution is -2.40. The lowest BCUT2D eigenvalue weighted by atomic mass is 10.1. The number of nitriles is 1. The zero-order valence-electron chi connectivity index (χ0n) is 17.7. The fourth-order valence-electron chi connectivity index (χ4n) is 3.12. The lowest BCUT2D eigenvalue weighted by Gasteiger charge is -2.26. The van der Waals surface area contributed by atoms with E-state index < -0.39 is 28.0 Å². The zero-order chi connectivity index (χ0) is 23.3. The maximum absolute atomic E-state index is 13.0. The van der Waals surface area contributed by atoms with E-state index in [0.29, 0.717) is 30.0 Å². The topological polar surface area (TPSA) is 126 Å². The maximum Gasteiger partial charge on any atom is 0.338 e. The van der Waals surface area contributed by atoms with Gasteiger partial charge in [-0.3, -0.25) is 4.79 Å². The highest BCUT2D eigenvalue weighted by molar-refractivity contribution is 7.89. The van der Waals surface area contributed by atoms with Crippen LogP contribution in [0.25, 0.3) is 0 Å². The lowest BCUT2D eigenvalue weighted by molar-refractivity contribution is -0.123. The van der Waals surface area contributed by atoms with E-state index in [2.05, 4.69) is 5.32 Å². The molecular weight excluding hydrogens is 434 g/mol. The van der Waals surface area contributed by atoms with Crippen molar-refractivity contribution in [3.05, 3.63) is 59.2 Å². The van der Waals surface area contributed by atoms with Crippen molar-refractivity contribution in [2.45, 2.75) is 24.8 Å². The molecule has 0 bridgehead atoms. The molecule has 2 aromatic carbocycles. The largest absolute Gasteiger partial charge is 0.449 e. The number of carbonyl (C=O) groups excluding carboxylic acids is 2. The van der Waals surface area contributed by atoms with Crippen LogP contribution < -0.4 is 5.32 Å². The number of hydrogen-bond donors (Lipinski definition) is 1. The van der Waals surface area contributed by atoms with E-state index in [1.54, 1.807) is 25.1 Å². The molecule has 1 atom stereocenters. The van der Waals surface area contributed by atoms with E-state index in [4.69, 9.17) is 14.7 Å². The molecule has 3 rings (SSSR count). The van der Waals surface area contributed by atoms with Gasteiger partial charge in [0.15, 0.2) is 6.10 Å². The second-order valence-electron chi connectivity index (χ2n) is 7.23. The molecule has 0 aromatic heterocycles. The number of hydrogen-bond acceptors (Lipinski definition) is 7. The molecule has 168 valence electrons. The van der Waals surface area contributed by atoms with Gasteiger partial charge >= 0.3 is 5.97 Å². The van der Waals surface area contributed by atoms with Crippen LogP contribution in [0.3, 0.4) is 0 Å². The first-order valence-electron chi connectivity index (χ1n) is 9.93. The Morgan fingerprint density at radius 1 is 1.19 bits per heavy atom. The van der Waals surface area contributed by atoms with Gasteiger partial charge in [-0.2, -0.15) is 9.57 Å². The number of benzene rings is 2. The molecule has 0 aliphatic carbocycles. The molecule has 1 saturated heterocycles. The van der Waals surface area contributed by atoms with Crippen LogP contribution in [0.1, 0.15) is 28.4 Å². The molecular formula is C22H23N3O6S. The van der Waals surface area contributed by atoms with Crippen molar-refractivity contribution in [2.75, 3.05) is 31.6 Å². The van der Waals surface area contributed by atoms with Gasteiger partial charge in [-0.25, -0.2) is 13.2 Å². The van der Waals surface area contributed by atoms with Crippen molar-refractivity contribution in [1.29, 1.82) is 5.26 Å². The van der Waals surface area contributed by atoms with Crippen LogP contribution in [0.15, 0.2) is 47.4 Å². The number of morpholine rings is 1. The molecule has 1 fully saturated rings. The minimum Gasteiger partial charge on any atom is -0.449 e. The molecule has 1 aliphatic rings. The summed E-state index contributed by atoms with van der Waals surface area (Å²) >= 11 is 0. The van der Waals surface area contributed by atoms with Gasteiger partial charge < -0.3 is 14.8 Å². The Morgan fingerprint density at radius 3 is 2.59 bits per heavy atom. The summed E-state index contributed by atoms with van der Waals surface area (Å²) in [4.78, 5) is 25.0.